The highest BCUT2D eigenvalue weighted by molar-refractivity contribution is 5.92. The third-order valence-electron chi connectivity index (χ3n) is 5.45. The SMILES string of the molecule is CCCCCCCNCc1c(OCC(=O)Nc2ccc(C)cc2)ccc2ccccc12. The number of anilines is 1. The van der Waals surface area contributed by atoms with Gasteiger partial charge in [-0.15, -0.1) is 0 Å². The average molecular weight is 419 g/mol. The fourth-order valence-electron chi connectivity index (χ4n) is 3.68. The summed E-state index contributed by atoms with van der Waals surface area (Å²) < 4.78 is 5.96. The summed E-state index contributed by atoms with van der Waals surface area (Å²) in [7, 11) is 0. The van der Waals surface area contributed by atoms with Gasteiger partial charge in [0.15, 0.2) is 6.61 Å². The number of carbonyl (C=O) groups is 1. The molecule has 0 fully saturated rings. The Balaban J connectivity index is 1.61. The van der Waals surface area contributed by atoms with Crippen LogP contribution in [0.15, 0.2) is 60.7 Å². The van der Waals surface area contributed by atoms with E-state index in [2.05, 4.69) is 35.8 Å². The lowest BCUT2D eigenvalue weighted by molar-refractivity contribution is -0.118. The third-order valence-corrected chi connectivity index (χ3v) is 5.45. The summed E-state index contributed by atoms with van der Waals surface area (Å²) in [6.45, 7) is 5.96. The maximum Gasteiger partial charge on any atom is 0.262 e. The standard InChI is InChI=1S/C27H34N2O2/c1-3-4-5-6-9-18-28-19-25-24-11-8-7-10-22(24)14-17-26(25)31-20-27(30)29-23-15-12-21(2)13-16-23/h7-8,10-17,28H,3-6,9,18-20H2,1-2H3,(H,29,30). The van der Waals surface area contributed by atoms with Crippen molar-refractivity contribution in [2.24, 2.45) is 0 Å². The van der Waals surface area contributed by atoms with Crippen LogP contribution in [0.25, 0.3) is 10.8 Å². The molecule has 4 nitrogen and oxygen atoms in total. The largest absolute Gasteiger partial charge is 0.483 e. The van der Waals surface area contributed by atoms with Crippen molar-refractivity contribution in [2.45, 2.75) is 52.5 Å². The van der Waals surface area contributed by atoms with Crippen molar-refractivity contribution in [1.29, 1.82) is 0 Å². The molecule has 0 saturated carbocycles. The van der Waals surface area contributed by atoms with E-state index in [1.165, 1.54) is 37.5 Å². The van der Waals surface area contributed by atoms with Crippen molar-refractivity contribution in [3.63, 3.8) is 0 Å². The van der Waals surface area contributed by atoms with Crippen molar-refractivity contribution in [3.05, 3.63) is 71.8 Å². The molecular formula is C27H34N2O2. The van der Waals surface area contributed by atoms with E-state index in [0.29, 0.717) is 0 Å². The van der Waals surface area contributed by atoms with Gasteiger partial charge in [0.05, 0.1) is 0 Å². The number of hydrogen-bond acceptors (Lipinski definition) is 3. The third kappa shape index (κ3) is 7.11. The van der Waals surface area contributed by atoms with Gasteiger partial charge in [-0.3, -0.25) is 4.79 Å². The van der Waals surface area contributed by atoms with Crippen molar-refractivity contribution in [1.82, 2.24) is 5.32 Å². The van der Waals surface area contributed by atoms with Gasteiger partial charge in [-0.1, -0.05) is 80.6 Å². The Kier molecular flexibility index (Phi) is 8.92. The Morgan fingerprint density at radius 2 is 1.68 bits per heavy atom. The van der Waals surface area contributed by atoms with Crippen LogP contribution >= 0.6 is 0 Å². The minimum absolute atomic E-state index is 0.0176. The monoisotopic (exact) mass is 418 g/mol. The van der Waals surface area contributed by atoms with Gasteiger partial charge in [-0.05, 0) is 48.9 Å². The molecule has 0 aromatic heterocycles. The second-order valence-corrected chi connectivity index (χ2v) is 8.06. The molecule has 0 saturated heterocycles. The van der Waals surface area contributed by atoms with E-state index in [1.54, 1.807) is 0 Å². The molecule has 0 radical (unpaired) electrons. The fourth-order valence-corrected chi connectivity index (χ4v) is 3.68. The van der Waals surface area contributed by atoms with E-state index in [1.807, 2.05) is 49.4 Å². The normalized spacial score (nSPS) is 10.9. The number of hydrogen-bond donors (Lipinski definition) is 2. The van der Waals surface area contributed by atoms with E-state index in [9.17, 15) is 4.79 Å². The quantitative estimate of drug-likeness (QED) is 0.343. The number of benzene rings is 3. The van der Waals surface area contributed by atoms with E-state index >= 15 is 0 Å². The number of fused-ring (bicyclic) bond motifs is 1. The van der Waals surface area contributed by atoms with Crippen LogP contribution in [0.4, 0.5) is 5.69 Å². The van der Waals surface area contributed by atoms with E-state index in [-0.39, 0.29) is 12.5 Å². The second kappa shape index (κ2) is 12.1. The molecular weight excluding hydrogens is 384 g/mol. The van der Waals surface area contributed by atoms with E-state index in [0.717, 1.165) is 41.0 Å². The summed E-state index contributed by atoms with van der Waals surface area (Å²) in [5, 5.41) is 8.80. The highest BCUT2D eigenvalue weighted by atomic mass is 16.5. The first-order chi connectivity index (χ1) is 15.2. The summed E-state index contributed by atoms with van der Waals surface area (Å²) >= 11 is 0. The van der Waals surface area contributed by atoms with E-state index < -0.39 is 0 Å². The highest BCUT2D eigenvalue weighted by Gasteiger charge is 2.11. The van der Waals surface area contributed by atoms with Gasteiger partial charge in [-0.25, -0.2) is 0 Å². The summed E-state index contributed by atoms with van der Waals surface area (Å²) in [6, 6.07) is 20.1. The minimum atomic E-state index is -0.160. The minimum Gasteiger partial charge on any atom is -0.483 e. The summed E-state index contributed by atoms with van der Waals surface area (Å²) in [5.41, 5.74) is 3.05. The first-order valence-corrected chi connectivity index (χ1v) is 11.4. The van der Waals surface area contributed by atoms with Gasteiger partial charge in [0, 0.05) is 17.8 Å². The predicted octanol–water partition coefficient (Wildman–Crippen LogP) is 6.23. The Hall–Kier alpha value is -2.85. The number of nitrogens with one attached hydrogen (secondary N) is 2. The topological polar surface area (TPSA) is 50.4 Å². The number of amides is 1. The number of aryl methyl sites for hydroxylation is 1. The lowest BCUT2D eigenvalue weighted by Gasteiger charge is -2.15. The Morgan fingerprint density at radius 3 is 2.48 bits per heavy atom. The lowest BCUT2D eigenvalue weighted by Crippen LogP contribution is -2.21. The lowest BCUT2D eigenvalue weighted by atomic mass is 10.0. The molecule has 2 N–H and O–H groups in total. The summed E-state index contributed by atoms with van der Waals surface area (Å²) in [6.07, 6.45) is 6.32. The molecule has 0 aliphatic heterocycles. The Morgan fingerprint density at radius 1 is 0.903 bits per heavy atom. The summed E-state index contributed by atoms with van der Waals surface area (Å²) in [5.74, 6) is 0.600. The summed E-state index contributed by atoms with van der Waals surface area (Å²) in [4.78, 5) is 12.4. The van der Waals surface area contributed by atoms with Crippen molar-refractivity contribution >= 4 is 22.4 Å². The van der Waals surface area contributed by atoms with Crippen molar-refractivity contribution in [3.8, 4) is 5.75 Å². The van der Waals surface area contributed by atoms with Crippen LogP contribution in [0, 0.1) is 6.92 Å². The molecule has 0 aliphatic rings. The fraction of sp³-hybridized carbons (Fsp3) is 0.370. The molecule has 1 amide bonds. The maximum atomic E-state index is 12.4. The zero-order valence-corrected chi connectivity index (χ0v) is 18.7. The number of ether oxygens (including phenoxy) is 1. The molecule has 0 unspecified atom stereocenters. The van der Waals surface area contributed by atoms with Crippen molar-refractivity contribution < 1.29 is 9.53 Å². The molecule has 3 rings (SSSR count). The smallest absolute Gasteiger partial charge is 0.262 e. The number of carbonyl (C=O) groups excluding carboxylic acids is 1. The van der Waals surface area contributed by atoms with Crippen LogP contribution in [0.3, 0.4) is 0 Å². The zero-order chi connectivity index (χ0) is 21.9. The van der Waals surface area contributed by atoms with Gasteiger partial charge in [0.2, 0.25) is 0 Å². The van der Waals surface area contributed by atoms with Gasteiger partial charge in [-0.2, -0.15) is 0 Å². The van der Waals surface area contributed by atoms with Crippen LogP contribution in [0.2, 0.25) is 0 Å². The van der Waals surface area contributed by atoms with E-state index in [4.69, 9.17) is 4.74 Å². The predicted molar refractivity (Wildman–Crippen MR) is 130 cm³/mol. The van der Waals surface area contributed by atoms with Crippen LogP contribution in [-0.2, 0) is 11.3 Å². The van der Waals surface area contributed by atoms with Gasteiger partial charge >= 0.3 is 0 Å². The zero-order valence-electron chi connectivity index (χ0n) is 18.7. The van der Waals surface area contributed by atoms with Gasteiger partial charge < -0.3 is 15.4 Å². The molecule has 164 valence electrons. The van der Waals surface area contributed by atoms with Gasteiger partial charge in [0.1, 0.15) is 5.75 Å². The van der Waals surface area contributed by atoms with Crippen LogP contribution in [0.5, 0.6) is 5.75 Å². The first-order valence-electron chi connectivity index (χ1n) is 11.4. The number of unbranched alkanes of at least 4 members (excludes halogenated alkanes) is 4. The molecule has 0 atom stereocenters. The Bertz CT molecular complexity index is 967. The van der Waals surface area contributed by atoms with Crippen LogP contribution < -0.4 is 15.4 Å². The molecule has 3 aromatic rings. The first kappa shape index (κ1) is 22.8. The molecule has 0 aliphatic carbocycles. The van der Waals surface area contributed by atoms with Crippen LogP contribution in [-0.4, -0.2) is 19.1 Å². The average Bonchev–Trinajstić information content (AvgIpc) is 2.79. The molecule has 31 heavy (non-hydrogen) atoms. The maximum absolute atomic E-state index is 12.4. The Labute approximate surface area is 186 Å². The molecule has 4 heteroatoms. The number of rotatable bonds is 12. The highest BCUT2D eigenvalue weighted by Crippen LogP contribution is 2.28. The van der Waals surface area contributed by atoms with Crippen LogP contribution in [0.1, 0.15) is 50.2 Å². The van der Waals surface area contributed by atoms with Crippen molar-refractivity contribution in [2.75, 3.05) is 18.5 Å². The molecule has 3 aromatic carbocycles. The second-order valence-electron chi connectivity index (χ2n) is 8.06. The molecule has 0 heterocycles. The molecule has 0 bridgehead atoms. The van der Waals surface area contributed by atoms with Gasteiger partial charge in [0.25, 0.3) is 5.91 Å². The molecule has 0 spiro atoms.